The minimum absolute atomic E-state index is 0.0185. The van der Waals surface area contributed by atoms with Gasteiger partial charge >= 0.3 is 11.9 Å². The molecule has 132 valence electrons. The Morgan fingerprint density at radius 3 is 1.38 bits per heavy atom. The van der Waals surface area contributed by atoms with Crippen molar-refractivity contribution >= 4 is 11.9 Å². The third kappa shape index (κ3) is 10.8. The minimum atomic E-state index is -1.26. The van der Waals surface area contributed by atoms with Crippen molar-refractivity contribution in [2.24, 2.45) is 11.5 Å². The first-order chi connectivity index (χ1) is 11.2. The van der Waals surface area contributed by atoms with E-state index in [1.807, 2.05) is 38.1 Å². The van der Waals surface area contributed by atoms with Gasteiger partial charge in [-0.1, -0.05) is 0 Å². The molecule has 2 rings (SSSR count). The molecule has 8 nitrogen and oxygen atoms in total. The van der Waals surface area contributed by atoms with Crippen LogP contribution in [0.1, 0.15) is 37.5 Å². The molecule has 2 unspecified atom stereocenters. The standard InChI is InChI=1S/2C6H9NO.C4H4O4/c2*1-5(7)6-3-2-4-8-6;5-3(6)1-2-4(7)8/h2*2-5H,7H2,1H3;1-2H,(H,5,6)(H,7,8). The fourth-order valence-electron chi connectivity index (χ4n) is 1.24. The quantitative estimate of drug-likeness (QED) is 0.619. The van der Waals surface area contributed by atoms with Crippen LogP contribution in [0, 0.1) is 0 Å². The second kappa shape index (κ2) is 11.7. The van der Waals surface area contributed by atoms with Gasteiger partial charge in [0.2, 0.25) is 0 Å². The summed E-state index contributed by atoms with van der Waals surface area (Å²) in [5, 5.41) is 15.6. The summed E-state index contributed by atoms with van der Waals surface area (Å²) in [5.41, 5.74) is 10.9. The lowest BCUT2D eigenvalue weighted by Gasteiger charge is -1.95. The molecule has 0 bridgehead atoms. The van der Waals surface area contributed by atoms with Crippen LogP contribution in [0.5, 0.6) is 0 Å². The fourth-order valence-corrected chi connectivity index (χ4v) is 1.24. The van der Waals surface area contributed by atoms with Crippen LogP contribution in [0.3, 0.4) is 0 Å². The van der Waals surface area contributed by atoms with Crippen molar-refractivity contribution in [1.29, 1.82) is 0 Å². The molecule has 24 heavy (non-hydrogen) atoms. The molecule has 0 saturated carbocycles. The van der Waals surface area contributed by atoms with Crippen LogP contribution in [0.25, 0.3) is 0 Å². The van der Waals surface area contributed by atoms with Gasteiger partial charge in [0, 0.05) is 12.2 Å². The average Bonchev–Trinajstić information content (AvgIpc) is 3.19. The Bertz CT molecular complexity index is 546. The first-order valence-electron chi connectivity index (χ1n) is 6.96. The zero-order chi connectivity index (χ0) is 18.5. The van der Waals surface area contributed by atoms with Gasteiger partial charge < -0.3 is 30.5 Å². The summed E-state index contributed by atoms with van der Waals surface area (Å²) in [4.78, 5) is 19.1. The lowest BCUT2D eigenvalue weighted by Crippen LogP contribution is -2.02. The molecule has 0 spiro atoms. The highest BCUT2D eigenvalue weighted by Gasteiger charge is 1.98. The van der Waals surface area contributed by atoms with Crippen LogP contribution in [-0.2, 0) is 9.59 Å². The van der Waals surface area contributed by atoms with Crippen molar-refractivity contribution in [2.45, 2.75) is 25.9 Å². The number of aliphatic carboxylic acids is 2. The molecule has 2 heterocycles. The number of rotatable bonds is 4. The number of nitrogens with two attached hydrogens (primary N) is 2. The van der Waals surface area contributed by atoms with Crippen LogP contribution < -0.4 is 11.5 Å². The zero-order valence-electron chi connectivity index (χ0n) is 13.5. The summed E-state index contributed by atoms with van der Waals surface area (Å²) in [5.74, 6) is -0.838. The number of carbonyl (C=O) groups is 2. The van der Waals surface area contributed by atoms with E-state index < -0.39 is 11.9 Å². The number of carboxylic acids is 2. The van der Waals surface area contributed by atoms with E-state index in [9.17, 15) is 9.59 Å². The van der Waals surface area contributed by atoms with Gasteiger partial charge in [-0.3, -0.25) is 0 Å². The third-order valence-electron chi connectivity index (χ3n) is 2.35. The van der Waals surface area contributed by atoms with Crippen molar-refractivity contribution < 1.29 is 28.6 Å². The largest absolute Gasteiger partial charge is 0.478 e. The highest BCUT2D eigenvalue weighted by molar-refractivity contribution is 5.89. The van der Waals surface area contributed by atoms with Crippen molar-refractivity contribution in [2.75, 3.05) is 0 Å². The molecule has 2 aromatic rings. The van der Waals surface area contributed by atoms with E-state index in [0.717, 1.165) is 11.5 Å². The van der Waals surface area contributed by atoms with Crippen molar-refractivity contribution in [3.63, 3.8) is 0 Å². The highest BCUT2D eigenvalue weighted by atomic mass is 16.4. The Kier molecular flexibility index (Phi) is 10.3. The predicted molar refractivity (Wildman–Crippen MR) is 87.0 cm³/mol. The van der Waals surface area contributed by atoms with Crippen LogP contribution >= 0.6 is 0 Å². The Labute approximate surface area is 139 Å². The van der Waals surface area contributed by atoms with Gasteiger partial charge in [-0.15, -0.1) is 0 Å². The smallest absolute Gasteiger partial charge is 0.328 e. The Morgan fingerprint density at radius 2 is 1.25 bits per heavy atom. The van der Waals surface area contributed by atoms with E-state index in [0.29, 0.717) is 12.2 Å². The SMILES string of the molecule is CC(N)c1ccco1.CC(N)c1ccco1.O=C(O)C=CC(=O)O. The molecule has 8 heteroatoms. The molecule has 6 N–H and O–H groups in total. The van der Waals surface area contributed by atoms with Gasteiger partial charge in [0.15, 0.2) is 0 Å². The van der Waals surface area contributed by atoms with E-state index >= 15 is 0 Å². The van der Waals surface area contributed by atoms with Gasteiger partial charge in [0.25, 0.3) is 0 Å². The number of furan rings is 2. The molecule has 2 atom stereocenters. The molecule has 0 aromatic carbocycles. The fraction of sp³-hybridized carbons (Fsp3) is 0.250. The topological polar surface area (TPSA) is 153 Å². The first kappa shape index (κ1) is 21.2. The van der Waals surface area contributed by atoms with E-state index in [2.05, 4.69) is 0 Å². The number of hydrogen-bond acceptors (Lipinski definition) is 6. The van der Waals surface area contributed by atoms with E-state index in [4.69, 9.17) is 30.5 Å². The monoisotopic (exact) mass is 338 g/mol. The molecular weight excluding hydrogens is 316 g/mol. The molecule has 0 radical (unpaired) electrons. The molecule has 0 fully saturated rings. The Hall–Kier alpha value is -2.84. The summed E-state index contributed by atoms with van der Waals surface area (Å²) in [7, 11) is 0. The molecular formula is C16H22N2O6. The predicted octanol–water partition coefficient (Wildman–Crippen LogP) is 2.31. The summed E-state index contributed by atoms with van der Waals surface area (Å²) < 4.78 is 9.94. The maximum Gasteiger partial charge on any atom is 0.328 e. The third-order valence-corrected chi connectivity index (χ3v) is 2.35. The van der Waals surface area contributed by atoms with Crippen LogP contribution in [0.4, 0.5) is 0 Å². The van der Waals surface area contributed by atoms with Crippen molar-refractivity contribution in [3.8, 4) is 0 Å². The van der Waals surface area contributed by atoms with Gasteiger partial charge in [-0.05, 0) is 38.1 Å². The second-order valence-electron chi connectivity index (χ2n) is 4.62. The highest BCUT2D eigenvalue weighted by Crippen LogP contribution is 2.08. The van der Waals surface area contributed by atoms with Gasteiger partial charge in [0.05, 0.1) is 24.6 Å². The van der Waals surface area contributed by atoms with E-state index in [1.165, 1.54) is 0 Å². The molecule has 2 aromatic heterocycles. The van der Waals surface area contributed by atoms with Crippen LogP contribution in [0.15, 0.2) is 57.8 Å². The average molecular weight is 338 g/mol. The van der Waals surface area contributed by atoms with Gasteiger partial charge in [-0.2, -0.15) is 0 Å². The lowest BCUT2D eigenvalue weighted by molar-refractivity contribution is -0.134. The first-order valence-corrected chi connectivity index (χ1v) is 6.96. The van der Waals surface area contributed by atoms with Crippen molar-refractivity contribution in [3.05, 3.63) is 60.5 Å². The minimum Gasteiger partial charge on any atom is -0.478 e. The number of carboxylic acid groups (broad SMARTS) is 2. The maximum absolute atomic E-state index is 9.55. The van der Waals surface area contributed by atoms with E-state index in [-0.39, 0.29) is 12.1 Å². The molecule has 0 saturated heterocycles. The summed E-state index contributed by atoms with van der Waals surface area (Å²) in [6.07, 6.45) is 4.36. The maximum atomic E-state index is 9.55. The van der Waals surface area contributed by atoms with Gasteiger partial charge in [-0.25, -0.2) is 9.59 Å². The van der Waals surface area contributed by atoms with Crippen molar-refractivity contribution in [1.82, 2.24) is 0 Å². The normalized spacial score (nSPS) is 12.3. The number of hydrogen-bond donors (Lipinski definition) is 4. The van der Waals surface area contributed by atoms with Gasteiger partial charge in [0.1, 0.15) is 11.5 Å². The van der Waals surface area contributed by atoms with Crippen LogP contribution in [-0.4, -0.2) is 22.2 Å². The molecule has 0 aliphatic rings. The molecule has 0 aliphatic carbocycles. The van der Waals surface area contributed by atoms with Crippen LogP contribution in [0.2, 0.25) is 0 Å². The summed E-state index contributed by atoms with van der Waals surface area (Å²) in [6.45, 7) is 3.78. The molecule has 0 amide bonds. The summed E-state index contributed by atoms with van der Waals surface area (Å²) >= 11 is 0. The Balaban J connectivity index is 0.000000331. The Morgan fingerprint density at radius 1 is 0.917 bits per heavy atom. The summed E-state index contributed by atoms with van der Waals surface area (Å²) in [6, 6.07) is 7.43. The van der Waals surface area contributed by atoms with E-state index in [1.54, 1.807) is 12.5 Å². The molecule has 0 aliphatic heterocycles. The zero-order valence-corrected chi connectivity index (χ0v) is 13.5. The lowest BCUT2D eigenvalue weighted by atomic mass is 10.3. The second-order valence-corrected chi connectivity index (χ2v) is 4.62.